The Hall–Kier alpha value is -1.16. The average molecular weight is 263 g/mol. The van der Waals surface area contributed by atoms with Gasteiger partial charge in [-0.2, -0.15) is 0 Å². The second kappa shape index (κ2) is 6.33. The fraction of sp³-hybridized carbons (Fsp3) is 0.733. The molecule has 2 unspecified atom stereocenters. The number of aromatic nitrogens is 2. The van der Waals surface area contributed by atoms with Crippen LogP contribution in [0, 0.1) is 6.92 Å². The van der Waals surface area contributed by atoms with Gasteiger partial charge in [-0.25, -0.2) is 9.97 Å². The molecule has 0 spiro atoms. The topological polar surface area (TPSA) is 58.0 Å². The van der Waals surface area contributed by atoms with Crippen molar-refractivity contribution in [2.45, 2.75) is 70.9 Å². The van der Waals surface area contributed by atoms with Gasteiger partial charge in [0, 0.05) is 11.4 Å². The molecule has 1 fully saturated rings. The molecule has 2 N–H and O–H groups in total. The van der Waals surface area contributed by atoms with Crippen molar-refractivity contribution in [2.24, 2.45) is 0 Å². The number of hydrogen-bond acceptors (Lipinski definition) is 4. The standard InChI is InChI=1S/C15H25N3O/c1-10(2)13-9-11(3)16-15(18-13)17-12-7-5-4-6-8-14(12)19/h9-10,12,14,19H,4-8H2,1-3H3,(H,16,17,18). The summed E-state index contributed by atoms with van der Waals surface area (Å²) in [6.07, 6.45) is 5.08. The molecule has 19 heavy (non-hydrogen) atoms. The van der Waals surface area contributed by atoms with Crippen molar-refractivity contribution in [1.82, 2.24) is 9.97 Å². The van der Waals surface area contributed by atoms with E-state index in [0.717, 1.165) is 37.1 Å². The van der Waals surface area contributed by atoms with Crippen LogP contribution >= 0.6 is 0 Å². The predicted octanol–water partition coefficient (Wildman–Crippen LogP) is 3.01. The summed E-state index contributed by atoms with van der Waals surface area (Å²) in [6, 6.07) is 2.11. The van der Waals surface area contributed by atoms with E-state index in [1.54, 1.807) is 0 Å². The van der Waals surface area contributed by atoms with Gasteiger partial charge in [-0.15, -0.1) is 0 Å². The summed E-state index contributed by atoms with van der Waals surface area (Å²) in [5, 5.41) is 13.5. The first-order valence-corrected chi connectivity index (χ1v) is 7.36. The molecule has 0 aromatic carbocycles. The van der Waals surface area contributed by atoms with Gasteiger partial charge in [0.15, 0.2) is 0 Å². The van der Waals surface area contributed by atoms with Gasteiger partial charge in [-0.1, -0.05) is 33.1 Å². The first-order valence-electron chi connectivity index (χ1n) is 7.36. The van der Waals surface area contributed by atoms with Crippen molar-refractivity contribution in [3.8, 4) is 0 Å². The van der Waals surface area contributed by atoms with Gasteiger partial charge in [0.1, 0.15) is 0 Å². The SMILES string of the molecule is Cc1cc(C(C)C)nc(NC2CCCCCC2O)n1. The normalized spacial score (nSPS) is 24.3. The lowest BCUT2D eigenvalue weighted by atomic mass is 10.1. The zero-order valence-corrected chi connectivity index (χ0v) is 12.2. The third kappa shape index (κ3) is 3.90. The van der Waals surface area contributed by atoms with E-state index in [1.165, 1.54) is 6.42 Å². The van der Waals surface area contributed by atoms with E-state index in [0.29, 0.717) is 11.9 Å². The Kier molecular flexibility index (Phi) is 4.75. The Morgan fingerprint density at radius 1 is 1.21 bits per heavy atom. The van der Waals surface area contributed by atoms with E-state index in [1.807, 2.05) is 13.0 Å². The molecule has 4 heteroatoms. The van der Waals surface area contributed by atoms with Crippen LogP contribution in [0.1, 0.15) is 63.3 Å². The quantitative estimate of drug-likeness (QED) is 0.823. The van der Waals surface area contributed by atoms with E-state index in [9.17, 15) is 5.11 Å². The molecule has 106 valence electrons. The molecule has 0 amide bonds. The van der Waals surface area contributed by atoms with Crippen LogP contribution in [-0.2, 0) is 0 Å². The van der Waals surface area contributed by atoms with Gasteiger partial charge in [-0.05, 0) is 31.7 Å². The highest BCUT2D eigenvalue weighted by molar-refractivity contribution is 5.31. The number of nitrogens with zero attached hydrogens (tertiary/aromatic N) is 2. The van der Waals surface area contributed by atoms with E-state index < -0.39 is 0 Å². The molecule has 1 aromatic rings. The fourth-order valence-corrected chi connectivity index (χ4v) is 2.58. The molecular weight excluding hydrogens is 238 g/mol. The molecule has 1 aliphatic carbocycles. The van der Waals surface area contributed by atoms with Crippen LogP contribution in [0.25, 0.3) is 0 Å². The average Bonchev–Trinajstić information content (AvgIpc) is 2.54. The number of anilines is 1. The third-order valence-electron chi connectivity index (χ3n) is 3.76. The Labute approximate surface area is 115 Å². The van der Waals surface area contributed by atoms with Gasteiger partial charge in [0.2, 0.25) is 5.95 Å². The van der Waals surface area contributed by atoms with Gasteiger partial charge < -0.3 is 10.4 Å². The minimum Gasteiger partial charge on any atom is -0.391 e. The lowest BCUT2D eigenvalue weighted by Gasteiger charge is -2.22. The number of nitrogens with one attached hydrogen (secondary N) is 1. The van der Waals surface area contributed by atoms with Gasteiger partial charge in [0.25, 0.3) is 0 Å². The van der Waals surface area contributed by atoms with Crippen molar-refractivity contribution in [1.29, 1.82) is 0 Å². The van der Waals surface area contributed by atoms with E-state index in [-0.39, 0.29) is 12.1 Å². The molecule has 2 rings (SSSR count). The number of aryl methyl sites for hydroxylation is 1. The van der Waals surface area contributed by atoms with E-state index in [2.05, 4.69) is 29.1 Å². The predicted molar refractivity (Wildman–Crippen MR) is 77.4 cm³/mol. The summed E-state index contributed by atoms with van der Waals surface area (Å²) in [5.41, 5.74) is 2.03. The van der Waals surface area contributed by atoms with Crippen molar-refractivity contribution >= 4 is 5.95 Å². The van der Waals surface area contributed by atoms with Crippen LogP contribution in [0.15, 0.2) is 6.07 Å². The first-order chi connectivity index (χ1) is 9.06. The number of aliphatic hydroxyl groups is 1. The van der Waals surface area contributed by atoms with Crippen LogP contribution in [0.2, 0.25) is 0 Å². The summed E-state index contributed by atoms with van der Waals surface area (Å²) in [4.78, 5) is 9.00. The van der Waals surface area contributed by atoms with Gasteiger partial charge >= 0.3 is 0 Å². The number of aliphatic hydroxyl groups excluding tert-OH is 1. The first kappa shape index (κ1) is 14.3. The van der Waals surface area contributed by atoms with Crippen LogP contribution in [0.5, 0.6) is 0 Å². The van der Waals surface area contributed by atoms with Gasteiger partial charge in [-0.3, -0.25) is 0 Å². The zero-order valence-electron chi connectivity index (χ0n) is 12.2. The van der Waals surface area contributed by atoms with Crippen LogP contribution in [-0.4, -0.2) is 27.2 Å². The molecule has 4 nitrogen and oxygen atoms in total. The van der Waals surface area contributed by atoms with Gasteiger partial charge in [0.05, 0.1) is 12.1 Å². The Morgan fingerprint density at radius 3 is 2.68 bits per heavy atom. The van der Waals surface area contributed by atoms with E-state index in [4.69, 9.17) is 0 Å². The van der Waals surface area contributed by atoms with Crippen LogP contribution < -0.4 is 5.32 Å². The summed E-state index contributed by atoms with van der Waals surface area (Å²) in [7, 11) is 0. The summed E-state index contributed by atoms with van der Waals surface area (Å²) < 4.78 is 0. The molecule has 0 radical (unpaired) electrons. The number of rotatable bonds is 3. The molecule has 0 saturated heterocycles. The largest absolute Gasteiger partial charge is 0.391 e. The van der Waals surface area contributed by atoms with Crippen LogP contribution in [0.4, 0.5) is 5.95 Å². The molecule has 1 saturated carbocycles. The molecule has 0 aliphatic heterocycles. The van der Waals surface area contributed by atoms with Crippen LogP contribution in [0.3, 0.4) is 0 Å². The molecule has 1 aromatic heterocycles. The molecule has 1 aliphatic rings. The Balaban J connectivity index is 2.13. The smallest absolute Gasteiger partial charge is 0.223 e. The summed E-state index contributed by atoms with van der Waals surface area (Å²) in [5.74, 6) is 1.05. The third-order valence-corrected chi connectivity index (χ3v) is 3.76. The lowest BCUT2D eigenvalue weighted by Crippen LogP contribution is -2.33. The van der Waals surface area contributed by atoms with Crippen molar-refractivity contribution < 1.29 is 5.11 Å². The minimum absolute atomic E-state index is 0.0873. The highest BCUT2D eigenvalue weighted by Crippen LogP contribution is 2.21. The lowest BCUT2D eigenvalue weighted by molar-refractivity contribution is 0.144. The highest BCUT2D eigenvalue weighted by Gasteiger charge is 2.22. The molecule has 0 bridgehead atoms. The zero-order chi connectivity index (χ0) is 13.8. The second-order valence-electron chi connectivity index (χ2n) is 5.87. The Morgan fingerprint density at radius 2 is 1.95 bits per heavy atom. The summed E-state index contributed by atoms with van der Waals surface area (Å²) >= 11 is 0. The van der Waals surface area contributed by atoms with E-state index >= 15 is 0 Å². The monoisotopic (exact) mass is 263 g/mol. The van der Waals surface area contributed by atoms with Crippen molar-refractivity contribution in [3.63, 3.8) is 0 Å². The highest BCUT2D eigenvalue weighted by atomic mass is 16.3. The van der Waals surface area contributed by atoms with Crippen molar-refractivity contribution in [3.05, 3.63) is 17.5 Å². The van der Waals surface area contributed by atoms with Crippen molar-refractivity contribution in [2.75, 3.05) is 5.32 Å². The Bertz CT molecular complexity index is 420. The molecule has 2 atom stereocenters. The fourth-order valence-electron chi connectivity index (χ4n) is 2.58. The maximum atomic E-state index is 10.1. The maximum absolute atomic E-state index is 10.1. The second-order valence-corrected chi connectivity index (χ2v) is 5.87. The number of hydrogen-bond donors (Lipinski definition) is 2. The molecular formula is C15H25N3O. The summed E-state index contributed by atoms with van der Waals surface area (Å²) in [6.45, 7) is 6.25. The maximum Gasteiger partial charge on any atom is 0.223 e. The molecule has 1 heterocycles. The minimum atomic E-state index is -0.283.